The Morgan fingerprint density at radius 3 is 2.41 bits per heavy atom. The van der Waals surface area contributed by atoms with Gasteiger partial charge in [0.1, 0.15) is 0 Å². The zero-order valence-electron chi connectivity index (χ0n) is 15.8. The molecule has 0 bridgehead atoms. The highest BCUT2D eigenvalue weighted by Gasteiger charge is 2.09. The second-order valence-electron chi connectivity index (χ2n) is 6.31. The molecule has 146 valence electrons. The van der Waals surface area contributed by atoms with Gasteiger partial charge in [0.15, 0.2) is 0 Å². The Kier molecular flexibility index (Phi) is 9.03. The van der Waals surface area contributed by atoms with Gasteiger partial charge in [0.25, 0.3) is 0 Å². The number of methoxy groups -OCH3 is 1. The molecular weight excluding hydrogens is 346 g/mol. The second-order valence-corrected chi connectivity index (χ2v) is 6.31. The third-order valence-electron chi connectivity index (χ3n) is 4.13. The van der Waals surface area contributed by atoms with E-state index >= 15 is 0 Å². The molecule has 0 aliphatic rings. The molecule has 0 aliphatic carbocycles. The number of nitrogens with one attached hydrogen (secondary N) is 1. The standard InChI is InChI=1S/C20H27N3O4/c1-26-20(25)12-7-15-21-17(24)13-14-19-23-22-18(27-19)11-6-5-10-16-8-3-2-4-9-16/h2-4,8-9H,5-7,10-15H2,1H3,(H,21,24). The largest absolute Gasteiger partial charge is 0.469 e. The number of aryl methyl sites for hydroxylation is 3. The molecule has 0 fully saturated rings. The van der Waals surface area contributed by atoms with Crippen molar-refractivity contribution in [1.29, 1.82) is 0 Å². The first-order chi connectivity index (χ1) is 13.2. The first-order valence-corrected chi connectivity index (χ1v) is 9.36. The summed E-state index contributed by atoms with van der Waals surface area (Å²) in [5, 5.41) is 10.8. The van der Waals surface area contributed by atoms with Gasteiger partial charge in [-0.05, 0) is 31.2 Å². The van der Waals surface area contributed by atoms with Gasteiger partial charge in [-0.2, -0.15) is 0 Å². The molecular formula is C20H27N3O4. The number of hydrogen-bond acceptors (Lipinski definition) is 6. The van der Waals surface area contributed by atoms with Crippen LogP contribution in [-0.4, -0.2) is 35.7 Å². The number of aromatic nitrogens is 2. The quantitative estimate of drug-likeness (QED) is 0.454. The molecule has 1 aromatic heterocycles. The topological polar surface area (TPSA) is 94.3 Å². The lowest BCUT2D eigenvalue weighted by Crippen LogP contribution is -2.25. The van der Waals surface area contributed by atoms with Crippen molar-refractivity contribution in [2.45, 2.75) is 51.4 Å². The molecule has 0 unspecified atom stereocenters. The predicted octanol–water partition coefficient (Wildman–Crippen LogP) is 2.64. The number of hydrogen-bond donors (Lipinski definition) is 1. The fraction of sp³-hybridized carbons (Fsp3) is 0.500. The van der Waals surface area contributed by atoms with Crippen LogP contribution in [0.5, 0.6) is 0 Å². The molecule has 1 N–H and O–H groups in total. The van der Waals surface area contributed by atoms with Gasteiger partial charge >= 0.3 is 5.97 Å². The minimum absolute atomic E-state index is 0.0949. The monoisotopic (exact) mass is 373 g/mol. The van der Waals surface area contributed by atoms with Crippen molar-refractivity contribution < 1.29 is 18.7 Å². The SMILES string of the molecule is COC(=O)CCCNC(=O)CCc1nnc(CCCCc2ccccc2)o1. The van der Waals surface area contributed by atoms with Gasteiger partial charge in [0.2, 0.25) is 17.7 Å². The number of benzene rings is 1. The van der Waals surface area contributed by atoms with Crippen LogP contribution in [0.25, 0.3) is 0 Å². The summed E-state index contributed by atoms with van der Waals surface area (Å²) in [6.45, 7) is 0.449. The van der Waals surface area contributed by atoms with E-state index in [-0.39, 0.29) is 18.3 Å². The van der Waals surface area contributed by atoms with Crippen molar-refractivity contribution in [2.75, 3.05) is 13.7 Å². The Morgan fingerprint density at radius 2 is 1.67 bits per heavy atom. The van der Waals surface area contributed by atoms with E-state index in [4.69, 9.17) is 4.42 Å². The Balaban J connectivity index is 1.57. The van der Waals surface area contributed by atoms with Crippen molar-refractivity contribution in [3.05, 3.63) is 47.7 Å². The van der Waals surface area contributed by atoms with Crippen molar-refractivity contribution >= 4 is 11.9 Å². The van der Waals surface area contributed by atoms with Gasteiger partial charge in [0.05, 0.1) is 7.11 Å². The van der Waals surface area contributed by atoms with E-state index in [0.717, 1.165) is 25.7 Å². The highest BCUT2D eigenvalue weighted by Crippen LogP contribution is 2.09. The predicted molar refractivity (Wildman–Crippen MR) is 100.0 cm³/mol. The summed E-state index contributed by atoms with van der Waals surface area (Å²) in [6.07, 6.45) is 5.40. The lowest BCUT2D eigenvalue weighted by Gasteiger charge is -2.03. The molecule has 1 aromatic carbocycles. The van der Waals surface area contributed by atoms with Gasteiger partial charge in [-0.15, -0.1) is 10.2 Å². The third kappa shape index (κ3) is 8.48. The Bertz CT molecular complexity index is 700. The highest BCUT2D eigenvalue weighted by molar-refractivity contribution is 5.76. The molecule has 1 heterocycles. The van der Waals surface area contributed by atoms with Gasteiger partial charge in [0, 0.05) is 32.2 Å². The Morgan fingerprint density at radius 1 is 0.963 bits per heavy atom. The van der Waals surface area contributed by atoms with Crippen molar-refractivity contribution in [3.63, 3.8) is 0 Å². The summed E-state index contributed by atoms with van der Waals surface area (Å²) in [7, 11) is 1.35. The molecule has 2 rings (SSSR count). The lowest BCUT2D eigenvalue weighted by atomic mass is 10.1. The number of carbonyl (C=O) groups excluding carboxylic acids is 2. The maximum Gasteiger partial charge on any atom is 0.305 e. The van der Waals surface area contributed by atoms with Gasteiger partial charge in [-0.25, -0.2) is 0 Å². The van der Waals surface area contributed by atoms with Crippen LogP contribution in [0.1, 0.15) is 49.4 Å². The molecule has 1 amide bonds. The zero-order valence-corrected chi connectivity index (χ0v) is 15.8. The molecule has 7 nitrogen and oxygen atoms in total. The van der Waals surface area contributed by atoms with Crippen molar-refractivity contribution in [2.24, 2.45) is 0 Å². The molecule has 0 saturated carbocycles. The number of carbonyl (C=O) groups is 2. The normalized spacial score (nSPS) is 10.6. The Hall–Kier alpha value is -2.70. The number of unbranched alkanes of at least 4 members (excludes halogenated alkanes) is 1. The summed E-state index contributed by atoms with van der Waals surface area (Å²) in [5.41, 5.74) is 1.33. The van der Waals surface area contributed by atoms with E-state index in [2.05, 4.69) is 44.5 Å². The molecule has 2 aromatic rings. The number of esters is 1. The Labute approximate surface area is 159 Å². The van der Waals surface area contributed by atoms with Crippen LogP contribution in [-0.2, 0) is 33.6 Å². The average molecular weight is 373 g/mol. The molecule has 0 saturated heterocycles. The van der Waals surface area contributed by atoms with E-state index in [0.29, 0.717) is 37.6 Å². The minimum Gasteiger partial charge on any atom is -0.469 e. The maximum absolute atomic E-state index is 11.8. The lowest BCUT2D eigenvalue weighted by molar-refractivity contribution is -0.140. The van der Waals surface area contributed by atoms with Gasteiger partial charge in [-0.3, -0.25) is 9.59 Å². The third-order valence-corrected chi connectivity index (χ3v) is 4.13. The summed E-state index contributed by atoms with van der Waals surface area (Å²) < 4.78 is 10.1. The second kappa shape index (κ2) is 11.8. The van der Waals surface area contributed by atoms with Gasteiger partial charge < -0.3 is 14.5 Å². The van der Waals surface area contributed by atoms with Crippen LogP contribution in [0, 0.1) is 0 Å². The first-order valence-electron chi connectivity index (χ1n) is 9.36. The van der Waals surface area contributed by atoms with Crippen LogP contribution < -0.4 is 5.32 Å². The molecule has 7 heteroatoms. The van der Waals surface area contributed by atoms with Crippen LogP contribution in [0.4, 0.5) is 0 Å². The van der Waals surface area contributed by atoms with Crippen LogP contribution in [0.2, 0.25) is 0 Å². The van der Waals surface area contributed by atoms with Crippen molar-refractivity contribution in [3.8, 4) is 0 Å². The number of nitrogens with zero attached hydrogens (tertiary/aromatic N) is 2. The minimum atomic E-state index is -0.272. The fourth-order valence-corrected chi connectivity index (χ4v) is 2.61. The van der Waals surface area contributed by atoms with Crippen LogP contribution in [0.3, 0.4) is 0 Å². The molecule has 27 heavy (non-hydrogen) atoms. The maximum atomic E-state index is 11.8. The van der Waals surface area contributed by atoms with E-state index < -0.39 is 0 Å². The van der Waals surface area contributed by atoms with E-state index in [1.54, 1.807) is 0 Å². The summed E-state index contributed by atoms with van der Waals surface area (Å²) in [4.78, 5) is 22.7. The smallest absolute Gasteiger partial charge is 0.305 e. The molecule has 0 atom stereocenters. The van der Waals surface area contributed by atoms with E-state index in [1.165, 1.54) is 12.7 Å². The zero-order chi connectivity index (χ0) is 19.3. The van der Waals surface area contributed by atoms with Gasteiger partial charge in [-0.1, -0.05) is 30.3 Å². The van der Waals surface area contributed by atoms with Crippen LogP contribution in [0.15, 0.2) is 34.7 Å². The van der Waals surface area contributed by atoms with Crippen molar-refractivity contribution in [1.82, 2.24) is 15.5 Å². The number of rotatable bonds is 12. The number of ether oxygens (including phenoxy) is 1. The fourth-order valence-electron chi connectivity index (χ4n) is 2.61. The first kappa shape index (κ1) is 20.6. The molecule has 0 aliphatic heterocycles. The summed E-state index contributed by atoms with van der Waals surface area (Å²) >= 11 is 0. The highest BCUT2D eigenvalue weighted by atomic mass is 16.5. The number of amides is 1. The summed E-state index contributed by atoms with van der Waals surface area (Å²) in [5.74, 6) is 0.739. The van der Waals surface area contributed by atoms with Crippen LogP contribution >= 0.6 is 0 Å². The summed E-state index contributed by atoms with van der Waals surface area (Å²) in [6, 6.07) is 10.4. The molecule has 0 spiro atoms. The van der Waals surface area contributed by atoms with E-state index in [9.17, 15) is 9.59 Å². The average Bonchev–Trinajstić information content (AvgIpc) is 3.15. The molecule has 0 radical (unpaired) electrons. The van der Waals surface area contributed by atoms with E-state index in [1.807, 2.05) is 6.07 Å².